The van der Waals surface area contributed by atoms with Crippen LogP contribution in [0.5, 0.6) is 11.5 Å². The van der Waals surface area contributed by atoms with Gasteiger partial charge in [0.05, 0.1) is 37.8 Å². The second-order valence-electron chi connectivity index (χ2n) is 6.97. The highest BCUT2D eigenvalue weighted by Gasteiger charge is 2.36. The van der Waals surface area contributed by atoms with E-state index in [0.717, 1.165) is 10.6 Å². The summed E-state index contributed by atoms with van der Waals surface area (Å²) in [6, 6.07) is 14.6. The number of fused-ring (bicyclic) bond motifs is 1. The van der Waals surface area contributed by atoms with Crippen LogP contribution in [0.1, 0.15) is 11.4 Å². The maximum Gasteiger partial charge on any atom is 0.433 e. The maximum absolute atomic E-state index is 14.0. The lowest BCUT2D eigenvalue weighted by molar-refractivity contribution is -0.142. The van der Waals surface area contributed by atoms with Gasteiger partial charge < -0.3 is 14.2 Å². The number of benzene rings is 2. The van der Waals surface area contributed by atoms with Crippen LogP contribution in [-0.2, 0) is 17.5 Å². The summed E-state index contributed by atoms with van der Waals surface area (Å²) in [5.74, 6) is 1.22. The van der Waals surface area contributed by atoms with Gasteiger partial charge in [-0.2, -0.15) is 18.3 Å². The molecule has 0 spiro atoms. The molecule has 4 rings (SSSR count). The average Bonchev–Trinajstić information content (AvgIpc) is 3.16. The zero-order chi connectivity index (χ0) is 22.9. The monoisotopic (exact) mass is 443 g/mol. The number of hydrogen-bond donors (Lipinski definition) is 0. The Morgan fingerprint density at radius 3 is 1.91 bits per heavy atom. The van der Waals surface area contributed by atoms with Crippen molar-refractivity contribution in [3.05, 3.63) is 66.0 Å². The van der Waals surface area contributed by atoms with E-state index in [1.807, 2.05) is 0 Å². The van der Waals surface area contributed by atoms with Gasteiger partial charge in [-0.3, -0.25) is 0 Å². The Bertz CT molecular complexity index is 1230. The van der Waals surface area contributed by atoms with Gasteiger partial charge in [0.15, 0.2) is 11.3 Å². The summed E-state index contributed by atoms with van der Waals surface area (Å²) in [5, 5.41) is 4.21. The van der Waals surface area contributed by atoms with E-state index in [9.17, 15) is 13.2 Å². The zero-order valence-electron chi connectivity index (χ0n) is 17.6. The molecule has 0 aliphatic heterocycles. The van der Waals surface area contributed by atoms with Crippen molar-refractivity contribution >= 4 is 5.65 Å². The molecule has 2 heterocycles. The van der Waals surface area contributed by atoms with E-state index in [-0.39, 0.29) is 17.9 Å². The molecule has 0 fully saturated rings. The summed E-state index contributed by atoms with van der Waals surface area (Å²) in [6.07, 6.45) is -4.64. The van der Waals surface area contributed by atoms with Gasteiger partial charge in [-0.1, -0.05) is 12.1 Å². The van der Waals surface area contributed by atoms with Gasteiger partial charge in [0.1, 0.15) is 11.5 Å². The first kappa shape index (κ1) is 21.6. The third-order valence-corrected chi connectivity index (χ3v) is 5.00. The molecule has 0 radical (unpaired) electrons. The van der Waals surface area contributed by atoms with Gasteiger partial charge in [-0.15, -0.1) is 0 Å². The molecule has 0 aliphatic carbocycles. The third-order valence-electron chi connectivity index (χ3n) is 5.00. The van der Waals surface area contributed by atoms with Crippen LogP contribution in [0, 0.1) is 0 Å². The van der Waals surface area contributed by atoms with E-state index in [2.05, 4.69) is 10.1 Å². The molecule has 0 bridgehead atoms. The number of halogens is 3. The zero-order valence-corrected chi connectivity index (χ0v) is 17.6. The van der Waals surface area contributed by atoms with Crippen molar-refractivity contribution in [1.82, 2.24) is 14.6 Å². The van der Waals surface area contributed by atoms with Gasteiger partial charge in [-0.25, -0.2) is 9.50 Å². The van der Waals surface area contributed by atoms with Crippen molar-refractivity contribution in [2.75, 3.05) is 21.3 Å². The highest BCUT2D eigenvalue weighted by molar-refractivity contribution is 5.82. The second kappa shape index (κ2) is 8.51. The molecule has 0 N–H and O–H groups in total. The highest BCUT2D eigenvalue weighted by Crippen LogP contribution is 2.37. The van der Waals surface area contributed by atoms with Crippen LogP contribution in [0.15, 0.2) is 54.6 Å². The molecule has 0 unspecified atom stereocenters. The van der Waals surface area contributed by atoms with E-state index < -0.39 is 11.9 Å². The number of hydrogen-bond acceptors (Lipinski definition) is 5. The molecular weight excluding hydrogens is 423 g/mol. The summed E-state index contributed by atoms with van der Waals surface area (Å²) in [6.45, 7) is 0.0277. The second-order valence-corrected chi connectivity index (χ2v) is 6.97. The fourth-order valence-electron chi connectivity index (χ4n) is 3.46. The molecule has 9 heteroatoms. The van der Waals surface area contributed by atoms with Crippen LogP contribution in [-0.4, -0.2) is 35.9 Å². The summed E-state index contributed by atoms with van der Waals surface area (Å²) >= 11 is 0. The average molecular weight is 443 g/mol. The topological polar surface area (TPSA) is 57.9 Å². The van der Waals surface area contributed by atoms with Crippen molar-refractivity contribution in [2.24, 2.45) is 0 Å². The molecule has 2 aromatic carbocycles. The van der Waals surface area contributed by atoms with E-state index >= 15 is 0 Å². The number of rotatable bonds is 6. The van der Waals surface area contributed by atoms with Crippen molar-refractivity contribution in [2.45, 2.75) is 12.8 Å². The molecule has 0 saturated heterocycles. The molecule has 0 aliphatic rings. The van der Waals surface area contributed by atoms with Crippen LogP contribution in [0.4, 0.5) is 13.2 Å². The van der Waals surface area contributed by atoms with E-state index in [4.69, 9.17) is 14.2 Å². The van der Waals surface area contributed by atoms with Gasteiger partial charge in [0.2, 0.25) is 0 Å². The normalized spacial score (nSPS) is 11.7. The maximum atomic E-state index is 14.0. The number of ether oxygens (including phenoxy) is 3. The van der Waals surface area contributed by atoms with Crippen molar-refractivity contribution in [3.63, 3.8) is 0 Å². The molecule has 32 heavy (non-hydrogen) atoms. The standard InChI is InChI=1S/C23H20F3N3O3/c1-30-13-19-21(15-6-10-17(32-3)11-7-15)22-27-18(14-4-8-16(31-2)9-5-14)12-20(23(24,25)26)29(22)28-19/h4-12H,13H2,1-3H3. The molecule has 0 saturated carbocycles. The molecule has 166 valence electrons. The van der Waals surface area contributed by atoms with Crippen LogP contribution in [0.3, 0.4) is 0 Å². The summed E-state index contributed by atoms with van der Waals surface area (Å²) in [4.78, 5) is 4.57. The lowest BCUT2D eigenvalue weighted by Gasteiger charge is -2.12. The Kier molecular flexibility index (Phi) is 5.75. The summed E-state index contributed by atoms with van der Waals surface area (Å²) < 4.78 is 58.4. The number of nitrogens with zero attached hydrogens (tertiary/aromatic N) is 3. The van der Waals surface area contributed by atoms with E-state index in [1.54, 1.807) is 55.6 Å². The fourth-order valence-corrected chi connectivity index (χ4v) is 3.46. The van der Waals surface area contributed by atoms with Crippen LogP contribution in [0.2, 0.25) is 0 Å². The molecule has 2 aromatic heterocycles. The van der Waals surface area contributed by atoms with Crippen LogP contribution >= 0.6 is 0 Å². The quantitative estimate of drug-likeness (QED) is 0.408. The smallest absolute Gasteiger partial charge is 0.433 e. The molecular formula is C23H20F3N3O3. The SMILES string of the molecule is COCc1nn2c(C(F)(F)F)cc(-c3ccc(OC)cc3)nc2c1-c1ccc(OC)cc1. The number of aromatic nitrogens is 3. The predicted molar refractivity (Wildman–Crippen MR) is 113 cm³/mol. The minimum absolute atomic E-state index is 0.0277. The Labute approximate surface area is 182 Å². The van der Waals surface area contributed by atoms with Crippen molar-refractivity contribution in [1.29, 1.82) is 0 Å². The largest absolute Gasteiger partial charge is 0.497 e. The third kappa shape index (κ3) is 3.99. The number of methoxy groups -OCH3 is 3. The van der Waals surface area contributed by atoms with Crippen molar-refractivity contribution < 1.29 is 27.4 Å². The van der Waals surface area contributed by atoms with E-state index in [1.165, 1.54) is 14.2 Å². The fraction of sp³-hybridized carbons (Fsp3) is 0.217. The Balaban J connectivity index is 2.01. The molecule has 0 atom stereocenters. The highest BCUT2D eigenvalue weighted by atomic mass is 19.4. The van der Waals surface area contributed by atoms with Crippen LogP contribution < -0.4 is 9.47 Å². The summed E-state index contributed by atoms with van der Waals surface area (Å²) in [7, 11) is 4.52. The van der Waals surface area contributed by atoms with Crippen molar-refractivity contribution in [3.8, 4) is 33.9 Å². The first-order valence-electron chi connectivity index (χ1n) is 9.63. The minimum Gasteiger partial charge on any atom is -0.497 e. The lowest BCUT2D eigenvalue weighted by Crippen LogP contribution is -2.14. The van der Waals surface area contributed by atoms with Gasteiger partial charge in [0, 0.05) is 12.7 Å². The molecule has 6 nitrogen and oxygen atoms in total. The molecule has 4 aromatic rings. The van der Waals surface area contributed by atoms with Gasteiger partial charge in [-0.05, 0) is 48.0 Å². The number of alkyl halides is 3. The predicted octanol–water partition coefficient (Wildman–Crippen LogP) is 5.25. The summed E-state index contributed by atoms with van der Waals surface area (Å²) in [5.41, 5.74) is 1.33. The Morgan fingerprint density at radius 1 is 0.844 bits per heavy atom. The Morgan fingerprint density at radius 2 is 1.41 bits per heavy atom. The minimum atomic E-state index is -4.64. The van der Waals surface area contributed by atoms with Gasteiger partial charge in [0.25, 0.3) is 0 Å². The molecule has 0 amide bonds. The Hall–Kier alpha value is -3.59. The first-order valence-corrected chi connectivity index (χ1v) is 9.63. The van der Waals surface area contributed by atoms with Gasteiger partial charge >= 0.3 is 6.18 Å². The first-order chi connectivity index (χ1) is 15.4. The van der Waals surface area contributed by atoms with E-state index in [0.29, 0.717) is 33.9 Å². The lowest BCUT2D eigenvalue weighted by atomic mass is 10.1. The van der Waals surface area contributed by atoms with Crippen LogP contribution in [0.25, 0.3) is 28.0 Å².